The van der Waals surface area contributed by atoms with E-state index in [0.717, 1.165) is 16.9 Å². The van der Waals surface area contributed by atoms with Gasteiger partial charge in [0.15, 0.2) is 0 Å². The highest BCUT2D eigenvalue weighted by Gasteiger charge is 2.13. The molecule has 0 saturated carbocycles. The average molecular weight is 272 g/mol. The van der Waals surface area contributed by atoms with Gasteiger partial charge in [-0.05, 0) is 50.6 Å². The molecule has 104 valence electrons. The smallest absolute Gasteiger partial charge is 0.137 e. The average Bonchev–Trinajstić information content (AvgIpc) is 2.78. The van der Waals surface area contributed by atoms with Crippen LogP contribution in [0.25, 0.3) is 21.7 Å². The molecule has 2 aromatic rings. The summed E-state index contributed by atoms with van der Waals surface area (Å²) in [4.78, 5) is 2.77. The predicted molar refractivity (Wildman–Crippen MR) is 75.3 cm³/mol. The molecular formula is C14H16N4O2. The number of hydrogen-bond donors (Lipinski definition) is 0. The van der Waals surface area contributed by atoms with E-state index in [4.69, 9.17) is 14.8 Å². The zero-order chi connectivity index (χ0) is 14.5. The van der Waals surface area contributed by atoms with Crippen molar-refractivity contribution in [1.29, 1.82) is 0 Å². The molecule has 0 bridgehead atoms. The van der Waals surface area contributed by atoms with Gasteiger partial charge in [0.05, 0.1) is 12.6 Å². The number of ether oxygens (including phenoxy) is 1. The van der Waals surface area contributed by atoms with E-state index in [-0.39, 0.29) is 12.6 Å². The molecule has 6 heteroatoms. The lowest BCUT2D eigenvalue weighted by Gasteiger charge is -2.09. The van der Waals surface area contributed by atoms with E-state index in [1.807, 2.05) is 38.1 Å². The standard InChI is InChI=1S/C14H16N4O2/c1-9(2)19-12-6-4-11(5-7-12)14-13(8-16-18-15)10(3)20-17-14/h4-7,9H,8H2,1-3H3. The van der Waals surface area contributed by atoms with Crippen molar-refractivity contribution in [3.8, 4) is 17.0 Å². The lowest BCUT2D eigenvalue weighted by atomic mass is 10.1. The van der Waals surface area contributed by atoms with E-state index in [1.54, 1.807) is 6.92 Å². The second-order valence-corrected chi connectivity index (χ2v) is 4.65. The van der Waals surface area contributed by atoms with Gasteiger partial charge in [-0.15, -0.1) is 0 Å². The number of hydrogen-bond acceptors (Lipinski definition) is 4. The van der Waals surface area contributed by atoms with Crippen LogP contribution >= 0.6 is 0 Å². The molecule has 0 N–H and O–H groups in total. The maximum Gasteiger partial charge on any atom is 0.137 e. The number of azide groups is 1. The first-order chi connectivity index (χ1) is 9.61. The van der Waals surface area contributed by atoms with Crippen molar-refractivity contribution >= 4 is 0 Å². The summed E-state index contributed by atoms with van der Waals surface area (Å²) in [5, 5.41) is 7.60. The molecule has 0 unspecified atom stereocenters. The zero-order valence-corrected chi connectivity index (χ0v) is 11.7. The molecule has 0 atom stereocenters. The van der Waals surface area contributed by atoms with Gasteiger partial charge < -0.3 is 9.26 Å². The second-order valence-electron chi connectivity index (χ2n) is 4.65. The van der Waals surface area contributed by atoms with Gasteiger partial charge >= 0.3 is 0 Å². The SMILES string of the molecule is Cc1onc(-c2ccc(OC(C)C)cc2)c1CN=[N+]=[N-]. The Balaban J connectivity index is 2.29. The van der Waals surface area contributed by atoms with Crippen molar-refractivity contribution < 1.29 is 9.26 Å². The van der Waals surface area contributed by atoms with Crippen molar-refractivity contribution in [3.63, 3.8) is 0 Å². The molecule has 20 heavy (non-hydrogen) atoms. The lowest BCUT2D eigenvalue weighted by Crippen LogP contribution is -2.05. The molecule has 1 aromatic heterocycles. The number of aromatic nitrogens is 1. The number of nitrogens with zero attached hydrogens (tertiary/aromatic N) is 4. The van der Waals surface area contributed by atoms with Crippen molar-refractivity contribution in [2.24, 2.45) is 5.11 Å². The maximum absolute atomic E-state index is 8.43. The lowest BCUT2D eigenvalue weighted by molar-refractivity contribution is 0.242. The van der Waals surface area contributed by atoms with E-state index in [9.17, 15) is 0 Å². The minimum Gasteiger partial charge on any atom is -0.491 e. The summed E-state index contributed by atoms with van der Waals surface area (Å²) >= 11 is 0. The quantitative estimate of drug-likeness (QED) is 0.463. The fourth-order valence-corrected chi connectivity index (χ4v) is 1.87. The van der Waals surface area contributed by atoms with Crippen molar-refractivity contribution in [2.75, 3.05) is 0 Å². The van der Waals surface area contributed by atoms with Crippen molar-refractivity contribution in [2.45, 2.75) is 33.4 Å². The largest absolute Gasteiger partial charge is 0.491 e. The van der Waals surface area contributed by atoms with Crippen LogP contribution in [0.5, 0.6) is 5.75 Å². The Bertz CT molecular complexity index is 625. The molecule has 2 rings (SSSR count). The number of aryl methyl sites for hydroxylation is 1. The summed E-state index contributed by atoms with van der Waals surface area (Å²) in [7, 11) is 0. The molecule has 0 saturated heterocycles. The Hall–Kier alpha value is -2.46. The normalized spacial score (nSPS) is 10.4. The van der Waals surface area contributed by atoms with Crippen LogP contribution in [0.4, 0.5) is 0 Å². The Morgan fingerprint density at radius 2 is 2.05 bits per heavy atom. The van der Waals surface area contributed by atoms with Gasteiger partial charge in [-0.1, -0.05) is 10.3 Å². The Labute approximate surface area is 117 Å². The zero-order valence-electron chi connectivity index (χ0n) is 11.7. The highest BCUT2D eigenvalue weighted by molar-refractivity contribution is 5.64. The Morgan fingerprint density at radius 1 is 1.35 bits per heavy atom. The van der Waals surface area contributed by atoms with Crippen LogP contribution in [0.15, 0.2) is 33.9 Å². The summed E-state index contributed by atoms with van der Waals surface area (Å²) < 4.78 is 10.8. The Morgan fingerprint density at radius 3 is 2.65 bits per heavy atom. The highest BCUT2D eigenvalue weighted by Crippen LogP contribution is 2.27. The Kier molecular flexibility index (Phi) is 4.27. The summed E-state index contributed by atoms with van der Waals surface area (Å²) in [6.45, 7) is 5.99. The summed E-state index contributed by atoms with van der Waals surface area (Å²) in [6.07, 6.45) is 0.135. The predicted octanol–water partition coefficient (Wildman–Crippen LogP) is 4.25. The van der Waals surface area contributed by atoms with Gasteiger partial charge in [0, 0.05) is 16.0 Å². The third kappa shape index (κ3) is 3.10. The monoisotopic (exact) mass is 272 g/mol. The molecule has 0 amide bonds. The van der Waals surface area contributed by atoms with Crippen LogP contribution in [0.3, 0.4) is 0 Å². The number of rotatable bonds is 5. The minimum atomic E-state index is 0.135. The first kappa shape index (κ1) is 14.0. The van der Waals surface area contributed by atoms with E-state index >= 15 is 0 Å². The van der Waals surface area contributed by atoms with Gasteiger partial charge in [0.1, 0.15) is 17.2 Å². The van der Waals surface area contributed by atoms with Crippen molar-refractivity contribution in [3.05, 3.63) is 46.0 Å². The second kappa shape index (κ2) is 6.12. The van der Waals surface area contributed by atoms with E-state index in [1.165, 1.54) is 0 Å². The highest BCUT2D eigenvalue weighted by atomic mass is 16.5. The van der Waals surface area contributed by atoms with E-state index < -0.39 is 0 Å². The van der Waals surface area contributed by atoms with Crippen LogP contribution in [0.1, 0.15) is 25.2 Å². The topological polar surface area (TPSA) is 84.0 Å². The fraction of sp³-hybridized carbons (Fsp3) is 0.357. The maximum atomic E-state index is 8.43. The third-order valence-electron chi connectivity index (χ3n) is 2.78. The van der Waals surface area contributed by atoms with Crippen LogP contribution in [-0.2, 0) is 6.54 Å². The first-order valence-electron chi connectivity index (χ1n) is 6.35. The molecule has 0 spiro atoms. The van der Waals surface area contributed by atoms with E-state index in [2.05, 4.69) is 15.2 Å². The molecule has 0 fully saturated rings. The van der Waals surface area contributed by atoms with Crippen LogP contribution < -0.4 is 4.74 Å². The molecule has 0 radical (unpaired) electrons. The van der Waals surface area contributed by atoms with Crippen LogP contribution in [0.2, 0.25) is 0 Å². The van der Waals surface area contributed by atoms with Crippen LogP contribution in [0, 0.1) is 6.92 Å². The van der Waals surface area contributed by atoms with Gasteiger partial charge in [0.25, 0.3) is 0 Å². The van der Waals surface area contributed by atoms with Gasteiger partial charge in [-0.3, -0.25) is 0 Å². The van der Waals surface area contributed by atoms with Gasteiger partial charge in [-0.25, -0.2) is 0 Å². The molecule has 1 heterocycles. The van der Waals surface area contributed by atoms with E-state index in [0.29, 0.717) is 11.5 Å². The fourth-order valence-electron chi connectivity index (χ4n) is 1.87. The summed E-state index contributed by atoms with van der Waals surface area (Å²) in [5.74, 6) is 1.47. The van der Waals surface area contributed by atoms with Gasteiger partial charge in [0.2, 0.25) is 0 Å². The molecule has 0 aliphatic carbocycles. The molecular weight excluding hydrogens is 256 g/mol. The summed E-state index contributed by atoms with van der Waals surface area (Å²) in [5.41, 5.74) is 10.8. The molecule has 0 aliphatic rings. The molecule has 6 nitrogen and oxygen atoms in total. The van der Waals surface area contributed by atoms with Crippen molar-refractivity contribution in [1.82, 2.24) is 5.16 Å². The third-order valence-corrected chi connectivity index (χ3v) is 2.78. The minimum absolute atomic E-state index is 0.135. The van der Waals surface area contributed by atoms with Crippen LogP contribution in [-0.4, -0.2) is 11.3 Å². The first-order valence-corrected chi connectivity index (χ1v) is 6.35. The number of benzene rings is 1. The molecule has 1 aromatic carbocycles. The molecule has 0 aliphatic heterocycles. The summed E-state index contributed by atoms with van der Waals surface area (Å²) in [6, 6.07) is 7.59. The van der Waals surface area contributed by atoms with Gasteiger partial charge in [-0.2, -0.15) is 0 Å².